The predicted octanol–water partition coefficient (Wildman–Crippen LogP) is 1.91. The van der Waals surface area contributed by atoms with Crippen LogP contribution >= 0.6 is 11.3 Å². The summed E-state index contributed by atoms with van der Waals surface area (Å²) in [5, 5.41) is 6.92. The summed E-state index contributed by atoms with van der Waals surface area (Å²) in [6.45, 7) is 3.39. The Bertz CT molecular complexity index is 441. The molecule has 2 rings (SSSR count). The number of rotatable bonds is 6. The lowest BCUT2D eigenvalue weighted by molar-refractivity contribution is 0.0960. The van der Waals surface area contributed by atoms with Crippen LogP contribution in [-0.2, 0) is 0 Å². The van der Waals surface area contributed by atoms with Crippen molar-refractivity contribution in [3.8, 4) is 5.75 Å². The molecule has 4 N–H and O–H groups in total. The van der Waals surface area contributed by atoms with E-state index in [9.17, 15) is 4.79 Å². The summed E-state index contributed by atoms with van der Waals surface area (Å²) in [6.07, 6.45) is 2.55. The highest BCUT2D eigenvalue weighted by Crippen LogP contribution is 2.43. The van der Waals surface area contributed by atoms with Crippen LogP contribution in [0.5, 0.6) is 5.75 Å². The molecule has 1 aromatic heterocycles. The van der Waals surface area contributed by atoms with Gasteiger partial charge in [0.1, 0.15) is 15.6 Å². The third kappa shape index (κ3) is 2.69. The lowest BCUT2D eigenvalue weighted by Crippen LogP contribution is -2.22. The molecule has 1 aromatic rings. The monoisotopic (exact) mass is 269 g/mol. The van der Waals surface area contributed by atoms with E-state index in [1.165, 1.54) is 24.2 Å². The summed E-state index contributed by atoms with van der Waals surface area (Å²) in [4.78, 5) is 12.4. The van der Waals surface area contributed by atoms with Crippen LogP contribution in [0.15, 0.2) is 0 Å². The molecule has 5 nitrogen and oxygen atoms in total. The summed E-state index contributed by atoms with van der Waals surface area (Å²) in [5.41, 5.74) is 6.38. The quantitative estimate of drug-likeness (QED) is 0.737. The van der Waals surface area contributed by atoms with Crippen LogP contribution in [0, 0.1) is 5.92 Å². The SMILES string of the molecule is CCNC(=O)c1sc(NCC2CC2)c(OC)c1N. The van der Waals surface area contributed by atoms with E-state index in [1.807, 2.05) is 6.92 Å². The van der Waals surface area contributed by atoms with Gasteiger partial charge in [0.2, 0.25) is 0 Å². The molecular formula is C12H19N3O2S. The number of carbonyl (C=O) groups is 1. The van der Waals surface area contributed by atoms with Crippen LogP contribution in [0.2, 0.25) is 0 Å². The summed E-state index contributed by atoms with van der Waals surface area (Å²) in [6, 6.07) is 0. The molecule has 0 radical (unpaired) electrons. The zero-order valence-corrected chi connectivity index (χ0v) is 11.5. The van der Waals surface area contributed by atoms with Gasteiger partial charge < -0.3 is 21.1 Å². The number of anilines is 2. The third-order valence-corrected chi connectivity index (χ3v) is 4.04. The van der Waals surface area contributed by atoms with Gasteiger partial charge in [-0.1, -0.05) is 0 Å². The van der Waals surface area contributed by atoms with E-state index in [-0.39, 0.29) is 5.91 Å². The second-order valence-corrected chi connectivity index (χ2v) is 5.41. The highest BCUT2D eigenvalue weighted by Gasteiger charge is 2.24. The molecule has 1 fully saturated rings. The summed E-state index contributed by atoms with van der Waals surface area (Å²) < 4.78 is 5.28. The van der Waals surface area contributed by atoms with Crippen LogP contribution in [0.3, 0.4) is 0 Å². The number of amides is 1. The Balaban J connectivity index is 2.16. The molecular weight excluding hydrogens is 250 g/mol. The first kappa shape index (κ1) is 13.0. The van der Waals surface area contributed by atoms with Crippen molar-refractivity contribution in [2.75, 3.05) is 31.2 Å². The van der Waals surface area contributed by atoms with E-state index in [2.05, 4.69) is 10.6 Å². The summed E-state index contributed by atoms with van der Waals surface area (Å²) >= 11 is 1.36. The number of hydrogen-bond acceptors (Lipinski definition) is 5. The lowest BCUT2D eigenvalue weighted by atomic mass is 10.3. The molecule has 1 aliphatic carbocycles. The Hall–Kier alpha value is -1.43. The van der Waals surface area contributed by atoms with Crippen molar-refractivity contribution < 1.29 is 9.53 Å². The first-order valence-electron chi connectivity index (χ1n) is 6.15. The van der Waals surface area contributed by atoms with Crippen LogP contribution in [0.4, 0.5) is 10.7 Å². The molecule has 0 atom stereocenters. The van der Waals surface area contributed by atoms with Crippen LogP contribution in [0.25, 0.3) is 0 Å². The molecule has 1 heterocycles. The van der Waals surface area contributed by atoms with Gasteiger partial charge in [-0.3, -0.25) is 4.79 Å². The average molecular weight is 269 g/mol. The number of nitrogens with two attached hydrogens (primary N) is 1. The molecule has 0 aliphatic heterocycles. The molecule has 1 amide bonds. The Morgan fingerprint density at radius 2 is 2.28 bits per heavy atom. The van der Waals surface area contributed by atoms with Gasteiger partial charge in [-0.25, -0.2) is 0 Å². The van der Waals surface area contributed by atoms with Crippen molar-refractivity contribution in [1.82, 2.24) is 5.32 Å². The maximum absolute atomic E-state index is 11.8. The van der Waals surface area contributed by atoms with Crippen LogP contribution in [-0.4, -0.2) is 26.1 Å². The Morgan fingerprint density at radius 3 is 2.83 bits per heavy atom. The summed E-state index contributed by atoms with van der Waals surface area (Å²) in [5.74, 6) is 1.20. The van der Waals surface area contributed by atoms with Gasteiger partial charge in [-0.15, -0.1) is 11.3 Å². The highest BCUT2D eigenvalue weighted by atomic mass is 32.1. The fraction of sp³-hybridized carbons (Fsp3) is 0.583. The maximum Gasteiger partial charge on any atom is 0.263 e. The number of nitrogens with one attached hydrogen (secondary N) is 2. The van der Waals surface area contributed by atoms with Crippen molar-refractivity contribution in [3.05, 3.63) is 4.88 Å². The largest absolute Gasteiger partial charge is 0.492 e. The number of thiophene rings is 1. The minimum absolute atomic E-state index is 0.141. The van der Waals surface area contributed by atoms with E-state index in [0.717, 1.165) is 17.5 Å². The van der Waals surface area contributed by atoms with Gasteiger partial charge >= 0.3 is 0 Å². The van der Waals surface area contributed by atoms with Crippen molar-refractivity contribution >= 4 is 27.9 Å². The standard InChI is InChI=1S/C12H19N3O2S/c1-3-14-11(16)10-8(13)9(17-2)12(18-10)15-6-7-4-5-7/h7,15H,3-6,13H2,1-2H3,(H,14,16). The lowest BCUT2D eigenvalue weighted by Gasteiger charge is -2.05. The fourth-order valence-corrected chi connectivity index (χ4v) is 2.73. The first-order valence-corrected chi connectivity index (χ1v) is 6.97. The number of hydrogen-bond donors (Lipinski definition) is 3. The van der Waals surface area contributed by atoms with Gasteiger partial charge in [-0.2, -0.15) is 0 Å². The number of nitrogen functional groups attached to an aromatic ring is 1. The normalized spacial score (nSPS) is 14.3. The number of ether oxygens (including phenoxy) is 1. The van der Waals surface area contributed by atoms with Crippen molar-refractivity contribution in [3.63, 3.8) is 0 Å². The molecule has 1 saturated carbocycles. The Labute approximate surface area is 111 Å². The molecule has 0 aromatic carbocycles. The Morgan fingerprint density at radius 1 is 1.56 bits per heavy atom. The van der Waals surface area contributed by atoms with Gasteiger partial charge in [-0.05, 0) is 25.7 Å². The third-order valence-electron chi connectivity index (χ3n) is 2.90. The number of methoxy groups -OCH3 is 1. The van der Waals surface area contributed by atoms with Crippen LogP contribution in [0.1, 0.15) is 29.4 Å². The van der Waals surface area contributed by atoms with Crippen molar-refractivity contribution in [2.24, 2.45) is 5.92 Å². The maximum atomic E-state index is 11.8. The molecule has 0 bridgehead atoms. The first-order chi connectivity index (χ1) is 8.67. The molecule has 0 unspecified atom stereocenters. The highest BCUT2D eigenvalue weighted by molar-refractivity contribution is 7.19. The zero-order chi connectivity index (χ0) is 13.1. The smallest absolute Gasteiger partial charge is 0.263 e. The van der Waals surface area contributed by atoms with E-state index in [4.69, 9.17) is 10.5 Å². The molecule has 0 spiro atoms. The fourth-order valence-electron chi connectivity index (χ4n) is 1.72. The topological polar surface area (TPSA) is 76.4 Å². The van der Waals surface area contributed by atoms with E-state index in [0.29, 0.717) is 22.9 Å². The van der Waals surface area contributed by atoms with Crippen molar-refractivity contribution in [1.29, 1.82) is 0 Å². The second kappa shape index (κ2) is 5.48. The summed E-state index contributed by atoms with van der Waals surface area (Å²) in [7, 11) is 1.57. The number of carbonyl (C=O) groups excluding carboxylic acids is 1. The molecule has 18 heavy (non-hydrogen) atoms. The average Bonchev–Trinajstić information content (AvgIpc) is 3.11. The van der Waals surface area contributed by atoms with Crippen molar-refractivity contribution in [2.45, 2.75) is 19.8 Å². The second-order valence-electron chi connectivity index (χ2n) is 4.39. The Kier molecular flexibility index (Phi) is 3.96. The minimum atomic E-state index is -0.141. The van der Waals surface area contributed by atoms with Gasteiger partial charge in [0.05, 0.1) is 7.11 Å². The molecule has 0 saturated heterocycles. The predicted molar refractivity (Wildman–Crippen MR) is 74.5 cm³/mol. The zero-order valence-electron chi connectivity index (χ0n) is 10.7. The molecule has 100 valence electrons. The van der Waals surface area contributed by atoms with Gasteiger partial charge in [0, 0.05) is 13.1 Å². The van der Waals surface area contributed by atoms with E-state index in [1.54, 1.807) is 7.11 Å². The van der Waals surface area contributed by atoms with E-state index >= 15 is 0 Å². The van der Waals surface area contributed by atoms with Gasteiger partial charge in [0.25, 0.3) is 5.91 Å². The van der Waals surface area contributed by atoms with E-state index < -0.39 is 0 Å². The van der Waals surface area contributed by atoms with Crippen LogP contribution < -0.4 is 21.1 Å². The molecule has 1 aliphatic rings. The molecule has 6 heteroatoms. The van der Waals surface area contributed by atoms with Gasteiger partial charge in [0.15, 0.2) is 5.75 Å². The minimum Gasteiger partial charge on any atom is -0.492 e.